The van der Waals surface area contributed by atoms with E-state index in [1.807, 2.05) is 13.0 Å². The molecule has 108 valence electrons. The van der Waals surface area contributed by atoms with Crippen LogP contribution in [0.3, 0.4) is 0 Å². The van der Waals surface area contributed by atoms with Crippen LogP contribution in [-0.4, -0.2) is 25.2 Å². The number of allylic oxidation sites excluding steroid dienone is 3. The second-order valence-electron chi connectivity index (χ2n) is 4.47. The number of esters is 2. The van der Waals surface area contributed by atoms with Crippen molar-refractivity contribution in [3.63, 3.8) is 0 Å². The van der Waals surface area contributed by atoms with Crippen molar-refractivity contribution in [3.8, 4) is 0 Å². The van der Waals surface area contributed by atoms with Crippen LogP contribution in [0.4, 0.5) is 0 Å². The molecular formula is C15H24O4. The number of carbonyl (C=O) groups excluding carboxylic acids is 2. The molecule has 1 unspecified atom stereocenters. The molecule has 0 amide bonds. The van der Waals surface area contributed by atoms with Crippen LogP contribution in [0.5, 0.6) is 0 Å². The van der Waals surface area contributed by atoms with Crippen LogP contribution >= 0.6 is 0 Å². The van der Waals surface area contributed by atoms with Gasteiger partial charge in [-0.2, -0.15) is 0 Å². The van der Waals surface area contributed by atoms with Gasteiger partial charge in [0, 0.05) is 6.92 Å². The number of unbranched alkanes of at least 4 members (excludes halogenated alkanes) is 1. The van der Waals surface area contributed by atoms with Gasteiger partial charge in [0.25, 0.3) is 0 Å². The molecule has 0 N–H and O–H groups in total. The molecule has 0 aromatic rings. The minimum absolute atomic E-state index is 0.107. The van der Waals surface area contributed by atoms with E-state index in [1.54, 1.807) is 0 Å². The standard InChI is InChI=1S/C15H24O4/c1-5-6-7-8-12(2)9-10-14(19-13(3)16)11-15(17)18-4/h5,8,14H,1,6-7,9-11H2,2-4H3/b12-8+. The van der Waals surface area contributed by atoms with Crippen LogP contribution in [-0.2, 0) is 19.1 Å². The highest BCUT2D eigenvalue weighted by atomic mass is 16.6. The van der Waals surface area contributed by atoms with Crippen molar-refractivity contribution in [2.24, 2.45) is 0 Å². The van der Waals surface area contributed by atoms with Crippen LogP contribution in [0.15, 0.2) is 24.3 Å². The average molecular weight is 268 g/mol. The number of carbonyl (C=O) groups is 2. The van der Waals surface area contributed by atoms with Crippen LogP contribution in [0, 0.1) is 0 Å². The monoisotopic (exact) mass is 268 g/mol. The summed E-state index contributed by atoms with van der Waals surface area (Å²) in [7, 11) is 1.33. The fraction of sp³-hybridized carbons (Fsp3) is 0.600. The molecule has 0 rings (SSSR count). The molecule has 0 bridgehead atoms. The lowest BCUT2D eigenvalue weighted by Crippen LogP contribution is -2.21. The second-order valence-corrected chi connectivity index (χ2v) is 4.47. The minimum Gasteiger partial charge on any atom is -0.469 e. The van der Waals surface area contributed by atoms with Gasteiger partial charge in [-0.1, -0.05) is 17.7 Å². The van der Waals surface area contributed by atoms with Gasteiger partial charge in [0.15, 0.2) is 0 Å². The maximum atomic E-state index is 11.2. The predicted octanol–water partition coefficient (Wildman–Crippen LogP) is 3.17. The maximum Gasteiger partial charge on any atom is 0.309 e. The molecule has 0 aliphatic heterocycles. The van der Waals surface area contributed by atoms with Gasteiger partial charge in [0.1, 0.15) is 6.10 Å². The van der Waals surface area contributed by atoms with E-state index in [0.717, 1.165) is 19.3 Å². The zero-order valence-corrected chi connectivity index (χ0v) is 12.1. The van der Waals surface area contributed by atoms with E-state index in [-0.39, 0.29) is 18.4 Å². The highest BCUT2D eigenvalue weighted by molar-refractivity contribution is 5.71. The fourth-order valence-corrected chi connectivity index (χ4v) is 1.64. The summed E-state index contributed by atoms with van der Waals surface area (Å²) in [6.07, 6.45) is 7.06. The Kier molecular flexibility index (Phi) is 9.49. The Hall–Kier alpha value is -1.58. The topological polar surface area (TPSA) is 52.6 Å². The van der Waals surface area contributed by atoms with E-state index in [4.69, 9.17) is 4.74 Å². The third-order valence-corrected chi connectivity index (χ3v) is 2.68. The van der Waals surface area contributed by atoms with E-state index in [2.05, 4.69) is 17.4 Å². The van der Waals surface area contributed by atoms with Gasteiger partial charge in [0.05, 0.1) is 13.5 Å². The van der Waals surface area contributed by atoms with E-state index >= 15 is 0 Å². The van der Waals surface area contributed by atoms with Gasteiger partial charge >= 0.3 is 11.9 Å². The molecule has 0 aromatic carbocycles. The van der Waals surface area contributed by atoms with Crippen molar-refractivity contribution in [1.29, 1.82) is 0 Å². The summed E-state index contributed by atoms with van der Waals surface area (Å²) >= 11 is 0. The first-order valence-electron chi connectivity index (χ1n) is 6.50. The lowest BCUT2D eigenvalue weighted by Gasteiger charge is -2.16. The normalized spacial score (nSPS) is 12.7. The van der Waals surface area contributed by atoms with Crippen molar-refractivity contribution in [2.75, 3.05) is 7.11 Å². The van der Waals surface area contributed by atoms with Crippen molar-refractivity contribution < 1.29 is 19.1 Å². The highest BCUT2D eigenvalue weighted by Crippen LogP contribution is 2.14. The van der Waals surface area contributed by atoms with Gasteiger partial charge in [-0.05, 0) is 32.6 Å². The molecule has 0 radical (unpaired) electrons. The summed E-state index contributed by atoms with van der Waals surface area (Å²) in [6, 6.07) is 0. The average Bonchev–Trinajstić information content (AvgIpc) is 2.35. The lowest BCUT2D eigenvalue weighted by atomic mass is 10.0. The summed E-state index contributed by atoms with van der Waals surface area (Å²) < 4.78 is 9.71. The summed E-state index contributed by atoms with van der Waals surface area (Å²) in [5.74, 6) is -0.735. The zero-order valence-electron chi connectivity index (χ0n) is 12.1. The number of rotatable bonds is 9. The molecule has 0 aliphatic carbocycles. The van der Waals surface area contributed by atoms with Gasteiger partial charge < -0.3 is 9.47 Å². The van der Waals surface area contributed by atoms with Gasteiger partial charge in [-0.3, -0.25) is 9.59 Å². The Bertz CT molecular complexity index is 331. The lowest BCUT2D eigenvalue weighted by molar-refractivity contribution is -0.152. The molecule has 4 nitrogen and oxygen atoms in total. The van der Waals surface area contributed by atoms with Gasteiger partial charge in [-0.15, -0.1) is 6.58 Å². The summed E-state index contributed by atoms with van der Waals surface area (Å²) in [5.41, 5.74) is 1.23. The van der Waals surface area contributed by atoms with Crippen LogP contribution in [0.1, 0.15) is 46.0 Å². The van der Waals surface area contributed by atoms with Crippen LogP contribution in [0.25, 0.3) is 0 Å². The van der Waals surface area contributed by atoms with Crippen molar-refractivity contribution >= 4 is 11.9 Å². The zero-order chi connectivity index (χ0) is 14.7. The predicted molar refractivity (Wildman–Crippen MR) is 74.6 cm³/mol. The summed E-state index contributed by atoms with van der Waals surface area (Å²) in [5, 5.41) is 0. The summed E-state index contributed by atoms with van der Waals surface area (Å²) in [4.78, 5) is 22.2. The van der Waals surface area contributed by atoms with Gasteiger partial charge in [0.2, 0.25) is 0 Å². The largest absolute Gasteiger partial charge is 0.469 e. The van der Waals surface area contributed by atoms with Crippen molar-refractivity contribution in [2.45, 2.75) is 52.1 Å². The van der Waals surface area contributed by atoms with Crippen molar-refractivity contribution in [1.82, 2.24) is 0 Å². The molecule has 0 aromatic heterocycles. The number of methoxy groups -OCH3 is 1. The maximum absolute atomic E-state index is 11.2. The third-order valence-electron chi connectivity index (χ3n) is 2.68. The molecule has 0 saturated carbocycles. The first kappa shape index (κ1) is 17.4. The Balaban J connectivity index is 4.23. The molecule has 0 aliphatic rings. The van der Waals surface area contributed by atoms with E-state index < -0.39 is 6.10 Å². The smallest absolute Gasteiger partial charge is 0.309 e. The Morgan fingerprint density at radius 3 is 2.47 bits per heavy atom. The van der Waals surface area contributed by atoms with E-state index in [0.29, 0.717) is 6.42 Å². The molecule has 0 heterocycles. The second kappa shape index (κ2) is 10.4. The third kappa shape index (κ3) is 10.1. The molecule has 0 fully saturated rings. The SMILES string of the molecule is C=CCC/C=C(\C)CCC(CC(=O)OC)OC(C)=O. The molecule has 4 heteroatoms. The molecule has 0 spiro atoms. The highest BCUT2D eigenvalue weighted by Gasteiger charge is 2.17. The minimum atomic E-state index is -0.410. The van der Waals surface area contributed by atoms with E-state index in [9.17, 15) is 9.59 Å². The van der Waals surface area contributed by atoms with Crippen LogP contribution in [0.2, 0.25) is 0 Å². The Labute approximate surface area is 115 Å². The first-order valence-corrected chi connectivity index (χ1v) is 6.50. The Morgan fingerprint density at radius 2 is 1.95 bits per heavy atom. The van der Waals surface area contributed by atoms with Crippen molar-refractivity contribution in [3.05, 3.63) is 24.3 Å². The fourth-order valence-electron chi connectivity index (χ4n) is 1.64. The quantitative estimate of drug-likeness (QED) is 0.366. The van der Waals surface area contributed by atoms with Gasteiger partial charge in [-0.25, -0.2) is 0 Å². The van der Waals surface area contributed by atoms with E-state index in [1.165, 1.54) is 19.6 Å². The number of hydrogen-bond acceptors (Lipinski definition) is 4. The molecule has 0 saturated heterocycles. The Morgan fingerprint density at radius 1 is 1.26 bits per heavy atom. The molecule has 1 atom stereocenters. The number of ether oxygens (including phenoxy) is 2. The molecular weight excluding hydrogens is 244 g/mol. The first-order chi connectivity index (χ1) is 8.99. The molecule has 19 heavy (non-hydrogen) atoms. The number of hydrogen-bond donors (Lipinski definition) is 0. The van der Waals surface area contributed by atoms with Crippen LogP contribution < -0.4 is 0 Å². The summed E-state index contributed by atoms with van der Waals surface area (Å²) in [6.45, 7) is 7.05.